The van der Waals surface area contributed by atoms with E-state index < -0.39 is 5.91 Å². The van der Waals surface area contributed by atoms with Gasteiger partial charge in [0.1, 0.15) is 10.8 Å². The van der Waals surface area contributed by atoms with Crippen LogP contribution in [-0.2, 0) is 7.05 Å². The van der Waals surface area contributed by atoms with E-state index in [1.165, 1.54) is 4.57 Å². The molecular formula is C13H10Cl2N2O2. The molecule has 0 spiro atoms. The molecule has 1 aromatic carbocycles. The molecule has 1 heterocycles. The molecule has 0 aliphatic heterocycles. The van der Waals surface area contributed by atoms with Gasteiger partial charge in [-0.15, -0.1) is 0 Å². The average molecular weight is 297 g/mol. The first kappa shape index (κ1) is 13.6. The molecule has 98 valence electrons. The second-order valence-corrected chi connectivity index (χ2v) is 4.60. The third-order valence-corrected chi connectivity index (χ3v) is 3.50. The first-order valence-electron chi connectivity index (χ1n) is 5.41. The molecule has 2 rings (SSSR count). The Hall–Kier alpha value is -1.78. The predicted octanol–water partition coefficient (Wildman–Crippen LogP) is 3.40. The first-order chi connectivity index (χ1) is 9.06. The number of para-hydroxylation sites is 1. The van der Waals surface area contributed by atoms with E-state index in [1.54, 1.807) is 31.3 Å². The van der Waals surface area contributed by atoms with Gasteiger partial charge in [0, 0.05) is 12.7 Å². The molecule has 1 aromatic heterocycles. The van der Waals surface area contributed by atoms with E-state index >= 15 is 0 Å². The standard InChI is InChI=1S/C13H10Cl2N2O2/c1-17-11(10(14)9(7-18)12(17)15)13(19)16-8-5-3-2-4-6-8/h2-7H,1H3,(H,16,19). The van der Waals surface area contributed by atoms with Gasteiger partial charge in [0.25, 0.3) is 5.91 Å². The first-order valence-corrected chi connectivity index (χ1v) is 6.17. The van der Waals surface area contributed by atoms with Crippen molar-refractivity contribution in [2.75, 3.05) is 5.32 Å². The Morgan fingerprint density at radius 1 is 1.26 bits per heavy atom. The highest BCUT2D eigenvalue weighted by Gasteiger charge is 2.23. The van der Waals surface area contributed by atoms with Crippen LogP contribution in [0.25, 0.3) is 0 Å². The minimum absolute atomic E-state index is 0.0518. The van der Waals surface area contributed by atoms with Crippen molar-refractivity contribution in [2.45, 2.75) is 0 Å². The molecule has 19 heavy (non-hydrogen) atoms. The highest BCUT2D eigenvalue weighted by Crippen LogP contribution is 2.30. The number of carbonyl (C=O) groups is 2. The number of hydrogen-bond acceptors (Lipinski definition) is 2. The maximum Gasteiger partial charge on any atom is 0.273 e. The van der Waals surface area contributed by atoms with Gasteiger partial charge >= 0.3 is 0 Å². The molecule has 1 amide bonds. The Balaban J connectivity index is 2.37. The van der Waals surface area contributed by atoms with Crippen molar-refractivity contribution in [1.82, 2.24) is 4.57 Å². The number of anilines is 1. The van der Waals surface area contributed by atoms with Gasteiger partial charge in [-0.2, -0.15) is 0 Å². The zero-order chi connectivity index (χ0) is 14.0. The monoisotopic (exact) mass is 296 g/mol. The fourth-order valence-electron chi connectivity index (χ4n) is 1.71. The summed E-state index contributed by atoms with van der Waals surface area (Å²) in [5, 5.41) is 2.87. The van der Waals surface area contributed by atoms with Crippen molar-refractivity contribution >= 4 is 41.1 Å². The summed E-state index contributed by atoms with van der Waals surface area (Å²) in [6, 6.07) is 8.93. The van der Waals surface area contributed by atoms with Crippen LogP contribution in [0.4, 0.5) is 5.69 Å². The van der Waals surface area contributed by atoms with Gasteiger partial charge in [-0.05, 0) is 12.1 Å². The SMILES string of the molecule is Cn1c(Cl)c(C=O)c(Cl)c1C(=O)Nc1ccccc1. The molecule has 4 nitrogen and oxygen atoms in total. The second kappa shape index (κ2) is 5.47. The summed E-state index contributed by atoms with van der Waals surface area (Å²) in [5.41, 5.74) is 0.898. The fourth-order valence-corrected chi connectivity index (χ4v) is 2.33. The number of amides is 1. The van der Waals surface area contributed by atoms with E-state index in [0.29, 0.717) is 12.0 Å². The summed E-state index contributed by atoms with van der Waals surface area (Å²) in [7, 11) is 1.57. The quantitative estimate of drug-likeness (QED) is 0.883. The lowest BCUT2D eigenvalue weighted by Gasteiger charge is -2.06. The summed E-state index contributed by atoms with van der Waals surface area (Å²) in [6.45, 7) is 0. The lowest BCUT2D eigenvalue weighted by molar-refractivity contribution is 0.101. The van der Waals surface area contributed by atoms with Crippen molar-refractivity contribution in [3.8, 4) is 0 Å². The Kier molecular flexibility index (Phi) is 3.93. The van der Waals surface area contributed by atoms with Crippen molar-refractivity contribution in [3.63, 3.8) is 0 Å². The van der Waals surface area contributed by atoms with E-state index in [0.717, 1.165) is 0 Å². The molecule has 0 aliphatic rings. The highest BCUT2D eigenvalue weighted by atomic mass is 35.5. The van der Waals surface area contributed by atoms with Crippen LogP contribution in [0.5, 0.6) is 0 Å². The lowest BCUT2D eigenvalue weighted by Crippen LogP contribution is -2.16. The number of halogens is 2. The van der Waals surface area contributed by atoms with Crippen LogP contribution in [0.1, 0.15) is 20.8 Å². The number of carbonyl (C=O) groups excluding carboxylic acids is 2. The van der Waals surface area contributed by atoms with Crippen LogP contribution >= 0.6 is 23.2 Å². The van der Waals surface area contributed by atoms with Crippen molar-refractivity contribution in [1.29, 1.82) is 0 Å². The molecule has 6 heteroatoms. The fraction of sp³-hybridized carbons (Fsp3) is 0.0769. The Morgan fingerprint density at radius 3 is 2.42 bits per heavy atom. The number of nitrogens with zero attached hydrogens (tertiary/aromatic N) is 1. The van der Waals surface area contributed by atoms with Crippen LogP contribution in [0.3, 0.4) is 0 Å². The largest absolute Gasteiger partial charge is 0.329 e. The van der Waals surface area contributed by atoms with Crippen LogP contribution in [0, 0.1) is 0 Å². The number of rotatable bonds is 3. The smallest absolute Gasteiger partial charge is 0.273 e. The van der Waals surface area contributed by atoms with Gasteiger partial charge in [0.2, 0.25) is 0 Å². The molecule has 0 saturated heterocycles. The topological polar surface area (TPSA) is 51.1 Å². The Morgan fingerprint density at radius 2 is 1.89 bits per heavy atom. The molecule has 1 N–H and O–H groups in total. The minimum atomic E-state index is -0.422. The Bertz CT molecular complexity index is 636. The number of benzene rings is 1. The number of nitrogens with one attached hydrogen (secondary N) is 1. The highest BCUT2D eigenvalue weighted by molar-refractivity contribution is 6.41. The summed E-state index contributed by atoms with van der Waals surface area (Å²) in [5.74, 6) is -0.422. The average Bonchev–Trinajstić information content (AvgIpc) is 2.61. The lowest BCUT2D eigenvalue weighted by atomic mass is 10.3. The summed E-state index contributed by atoms with van der Waals surface area (Å²) in [6.07, 6.45) is 0.532. The molecule has 0 radical (unpaired) electrons. The molecule has 2 aromatic rings. The van der Waals surface area contributed by atoms with Gasteiger partial charge < -0.3 is 9.88 Å². The van der Waals surface area contributed by atoms with Crippen molar-refractivity contribution in [3.05, 3.63) is 51.8 Å². The van der Waals surface area contributed by atoms with E-state index in [9.17, 15) is 9.59 Å². The normalized spacial score (nSPS) is 10.3. The minimum Gasteiger partial charge on any atom is -0.329 e. The van der Waals surface area contributed by atoms with E-state index in [2.05, 4.69) is 5.32 Å². The molecule has 0 fully saturated rings. The molecule has 0 aliphatic carbocycles. The van der Waals surface area contributed by atoms with Crippen LogP contribution in [0.15, 0.2) is 30.3 Å². The summed E-state index contributed by atoms with van der Waals surface area (Å²) >= 11 is 11.9. The summed E-state index contributed by atoms with van der Waals surface area (Å²) in [4.78, 5) is 23.0. The molecular weight excluding hydrogens is 287 g/mol. The third-order valence-electron chi connectivity index (χ3n) is 2.66. The van der Waals surface area contributed by atoms with E-state index in [4.69, 9.17) is 23.2 Å². The van der Waals surface area contributed by atoms with Crippen molar-refractivity contribution < 1.29 is 9.59 Å². The maximum atomic E-state index is 12.1. The van der Waals surface area contributed by atoms with Crippen LogP contribution < -0.4 is 5.32 Å². The number of aldehydes is 1. The van der Waals surface area contributed by atoms with Gasteiger partial charge in [-0.3, -0.25) is 9.59 Å². The molecule has 0 atom stereocenters. The second-order valence-electron chi connectivity index (χ2n) is 3.86. The van der Waals surface area contributed by atoms with Gasteiger partial charge in [0.05, 0.1) is 10.6 Å². The molecule has 0 saturated carbocycles. The number of aromatic nitrogens is 1. The zero-order valence-electron chi connectivity index (χ0n) is 9.98. The van der Waals surface area contributed by atoms with Gasteiger partial charge in [-0.1, -0.05) is 41.4 Å². The molecule has 0 unspecified atom stereocenters. The predicted molar refractivity (Wildman–Crippen MR) is 75.2 cm³/mol. The van der Waals surface area contributed by atoms with Gasteiger partial charge in [0.15, 0.2) is 6.29 Å². The van der Waals surface area contributed by atoms with Crippen LogP contribution in [0.2, 0.25) is 10.2 Å². The Labute approximate surface area is 119 Å². The maximum absolute atomic E-state index is 12.1. The zero-order valence-corrected chi connectivity index (χ0v) is 11.5. The van der Waals surface area contributed by atoms with E-state index in [-0.39, 0.29) is 21.4 Å². The van der Waals surface area contributed by atoms with Crippen molar-refractivity contribution in [2.24, 2.45) is 7.05 Å². The third kappa shape index (κ3) is 2.50. The number of hydrogen-bond donors (Lipinski definition) is 1. The van der Waals surface area contributed by atoms with Crippen LogP contribution in [-0.4, -0.2) is 16.8 Å². The summed E-state index contributed by atoms with van der Waals surface area (Å²) < 4.78 is 1.38. The molecule has 0 bridgehead atoms. The van der Waals surface area contributed by atoms with E-state index in [1.807, 2.05) is 6.07 Å². The van der Waals surface area contributed by atoms with Gasteiger partial charge in [-0.25, -0.2) is 0 Å².